The first-order valence-electron chi connectivity index (χ1n) is 7.34. The molecule has 0 spiro atoms. The van der Waals surface area contributed by atoms with E-state index in [4.69, 9.17) is 9.15 Å². The van der Waals surface area contributed by atoms with E-state index in [2.05, 4.69) is 15.5 Å². The van der Waals surface area contributed by atoms with E-state index in [1.54, 1.807) is 7.11 Å². The predicted octanol–water partition coefficient (Wildman–Crippen LogP) is 2.50. The second-order valence-corrected chi connectivity index (χ2v) is 5.63. The number of carbonyl (C=O) groups is 1. The van der Waals surface area contributed by atoms with E-state index >= 15 is 0 Å². The van der Waals surface area contributed by atoms with E-state index in [1.807, 2.05) is 26.0 Å². The van der Waals surface area contributed by atoms with Crippen molar-refractivity contribution in [3.8, 4) is 5.75 Å². The molecule has 2 aromatic rings. The van der Waals surface area contributed by atoms with Crippen LogP contribution in [0, 0.1) is 13.8 Å². The molecule has 1 saturated carbocycles. The van der Waals surface area contributed by atoms with Gasteiger partial charge in [0.15, 0.2) is 0 Å². The van der Waals surface area contributed by atoms with Crippen LogP contribution in [-0.2, 0) is 6.54 Å². The fourth-order valence-corrected chi connectivity index (χ4v) is 2.49. The molecule has 0 atom stereocenters. The molecule has 116 valence electrons. The summed E-state index contributed by atoms with van der Waals surface area (Å²) < 4.78 is 10.8. The van der Waals surface area contributed by atoms with Gasteiger partial charge < -0.3 is 14.5 Å². The summed E-state index contributed by atoms with van der Waals surface area (Å²) in [7, 11) is 1.63. The van der Waals surface area contributed by atoms with Crippen LogP contribution in [0.4, 0.5) is 0 Å². The van der Waals surface area contributed by atoms with Crippen molar-refractivity contribution in [2.24, 2.45) is 0 Å². The lowest BCUT2D eigenvalue weighted by Crippen LogP contribution is -2.23. The number of nitrogens with zero attached hydrogens (tertiary/aromatic N) is 2. The van der Waals surface area contributed by atoms with E-state index in [1.165, 1.54) is 0 Å². The number of aryl methyl sites for hydroxylation is 2. The number of methoxy groups -OCH3 is 1. The fraction of sp³-hybridized carbons (Fsp3) is 0.438. The molecule has 1 N–H and O–H groups in total. The van der Waals surface area contributed by atoms with Crippen LogP contribution in [-0.4, -0.2) is 23.2 Å². The molecule has 0 bridgehead atoms. The molecule has 6 nitrogen and oxygen atoms in total. The van der Waals surface area contributed by atoms with Crippen LogP contribution < -0.4 is 10.1 Å². The van der Waals surface area contributed by atoms with Crippen molar-refractivity contribution in [1.29, 1.82) is 0 Å². The molecule has 3 rings (SSSR count). The number of benzene rings is 1. The minimum atomic E-state index is -0.167. The van der Waals surface area contributed by atoms with Crippen LogP contribution in [0.1, 0.15) is 52.0 Å². The Labute approximate surface area is 128 Å². The second kappa shape index (κ2) is 5.79. The fourth-order valence-electron chi connectivity index (χ4n) is 2.49. The van der Waals surface area contributed by atoms with Gasteiger partial charge in [-0.15, -0.1) is 10.2 Å². The van der Waals surface area contributed by atoms with Gasteiger partial charge in [0, 0.05) is 11.5 Å². The number of nitrogens with one attached hydrogen (secondary N) is 1. The maximum Gasteiger partial charge on any atom is 0.251 e. The number of rotatable bonds is 5. The number of carbonyl (C=O) groups excluding carboxylic acids is 1. The smallest absolute Gasteiger partial charge is 0.251 e. The van der Waals surface area contributed by atoms with E-state index in [-0.39, 0.29) is 12.5 Å². The van der Waals surface area contributed by atoms with Gasteiger partial charge in [-0.05, 0) is 49.9 Å². The summed E-state index contributed by atoms with van der Waals surface area (Å²) in [5.41, 5.74) is 2.46. The summed E-state index contributed by atoms with van der Waals surface area (Å²) >= 11 is 0. The lowest BCUT2D eigenvalue weighted by atomic mass is 10.1. The van der Waals surface area contributed by atoms with Crippen LogP contribution in [0.5, 0.6) is 5.75 Å². The molecular formula is C16H19N3O3. The van der Waals surface area contributed by atoms with Crippen LogP contribution in [0.25, 0.3) is 0 Å². The van der Waals surface area contributed by atoms with Crippen molar-refractivity contribution in [2.75, 3.05) is 7.11 Å². The number of hydrogen-bond acceptors (Lipinski definition) is 5. The Bertz CT molecular complexity index is 681. The SMILES string of the molecule is COc1c(C)cc(C(=O)NCc2nnc(C3CC3)o2)cc1C. The normalized spacial score (nSPS) is 14.0. The third kappa shape index (κ3) is 2.95. The molecule has 0 aliphatic heterocycles. The average molecular weight is 301 g/mol. The van der Waals surface area contributed by atoms with E-state index < -0.39 is 0 Å². The van der Waals surface area contributed by atoms with Crippen molar-refractivity contribution in [2.45, 2.75) is 39.2 Å². The van der Waals surface area contributed by atoms with Gasteiger partial charge in [-0.3, -0.25) is 4.79 Å². The zero-order chi connectivity index (χ0) is 15.7. The van der Waals surface area contributed by atoms with Gasteiger partial charge in [-0.2, -0.15) is 0 Å². The van der Waals surface area contributed by atoms with Gasteiger partial charge in [0.25, 0.3) is 5.91 Å². The summed E-state index contributed by atoms with van der Waals surface area (Å²) in [4.78, 5) is 12.2. The highest BCUT2D eigenvalue weighted by Crippen LogP contribution is 2.38. The minimum absolute atomic E-state index is 0.167. The standard InChI is InChI=1S/C16H19N3O3/c1-9-6-12(7-10(2)14(9)21-3)15(20)17-8-13-18-19-16(22-13)11-4-5-11/h6-7,11H,4-5,8H2,1-3H3,(H,17,20). The van der Waals surface area contributed by atoms with Gasteiger partial charge in [-0.25, -0.2) is 0 Å². The van der Waals surface area contributed by atoms with Gasteiger partial charge in [-0.1, -0.05) is 0 Å². The van der Waals surface area contributed by atoms with Gasteiger partial charge >= 0.3 is 0 Å². The largest absolute Gasteiger partial charge is 0.496 e. The summed E-state index contributed by atoms with van der Waals surface area (Å²) in [6, 6.07) is 3.62. The van der Waals surface area contributed by atoms with Gasteiger partial charge in [0.05, 0.1) is 13.7 Å². The zero-order valence-electron chi connectivity index (χ0n) is 13.0. The van der Waals surface area contributed by atoms with Gasteiger partial charge in [0.1, 0.15) is 5.75 Å². The Kier molecular flexibility index (Phi) is 3.83. The summed E-state index contributed by atoms with van der Waals surface area (Å²) in [5.74, 6) is 2.18. The molecule has 6 heteroatoms. The average Bonchev–Trinajstić information content (AvgIpc) is 3.23. The van der Waals surface area contributed by atoms with E-state index in [0.717, 1.165) is 29.7 Å². The van der Waals surface area contributed by atoms with Crippen molar-refractivity contribution in [1.82, 2.24) is 15.5 Å². The van der Waals surface area contributed by atoms with Crippen molar-refractivity contribution in [3.05, 3.63) is 40.6 Å². The third-order valence-electron chi connectivity index (χ3n) is 3.74. The molecule has 1 aromatic heterocycles. The minimum Gasteiger partial charge on any atom is -0.496 e. The third-order valence-corrected chi connectivity index (χ3v) is 3.74. The molecule has 1 amide bonds. The summed E-state index contributed by atoms with van der Waals surface area (Å²) in [6.07, 6.45) is 2.22. The van der Waals surface area contributed by atoms with E-state index in [9.17, 15) is 4.79 Å². The van der Waals surface area contributed by atoms with Gasteiger partial charge in [0.2, 0.25) is 11.8 Å². The number of ether oxygens (including phenoxy) is 1. The molecule has 1 aliphatic rings. The molecule has 1 fully saturated rings. The number of aromatic nitrogens is 2. The molecule has 1 aromatic carbocycles. The Balaban J connectivity index is 1.66. The highest BCUT2D eigenvalue weighted by Gasteiger charge is 2.29. The molecular weight excluding hydrogens is 282 g/mol. The molecule has 0 saturated heterocycles. The Morgan fingerprint density at radius 1 is 1.32 bits per heavy atom. The quantitative estimate of drug-likeness (QED) is 0.918. The Morgan fingerprint density at radius 3 is 2.59 bits per heavy atom. The molecule has 1 aliphatic carbocycles. The van der Waals surface area contributed by atoms with Crippen LogP contribution >= 0.6 is 0 Å². The summed E-state index contributed by atoms with van der Waals surface area (Å²) in [5, 5.41) is 10.8. The van der Waals surface area contributed by atoms with Crippen LogP contribution in [0.15, 0.2) is 16.5 Å². The molecule has 22 heavy (non-hydrogen) atoms. The molecule has 0 radical (unpaired) electrons. The van der Waals surface area contributed by atoms with Crippen LogP contribution in [0.3, 0.4) is 0 Å². The predicted molar refractivity (Wildman–Crippen MR) is 79.9 cm³/mol. The van der Waals surface area contributed by atoms with Crippen molar-refractivity contribution in [3.63, 3.8) is 0 Å². The Hall–Kier alpha value is -2.37. The highest BCUT2D eigenvalue weighted by atomic mass is 16.5. The maximum absolute atomic E-state index is 12.2. The molecule has 0 unspecified atom stereocenters. The maximum atomic E-state index is 12.2. The molecule has 1 heterocycles. The Morgan fingerprint density at radius 2 is 2.00 bits per heavy atom. The lowest BCUT2D eigenvalue weighted by Gasteiger charge is -2.11. The van der Waals surface area contributed by atoms with Crippen molar-refractivity contribution < 1.29 is 13.9 Å². The number of amides is 1. The van der Waals surface area contributed by atoms with Crippen LogP contribution in [0.2, 0.25) is 0 Å². The first-order chi connectivity index (χ1) is 10.6. The van der Waals surface area contributed by atoms with Crippen molar-refractivity contribution >= 4 is 5.91 Å². The summed E-state index contributed by atoms with van der Waals surface area (Å²) in [6.45, 7) is 4.08. The zero-order valence-corrected chi connectivity index (χ0v) is 13.0. The monoisotopic (exact) mass is 301 g/mol. The number of hydrogen-bond donors (Lipinski definition) is 1. The highest BCUT2D eigenvalue weighted by molar-refractivity contribution is 5.94. The topological polar surface area (TPSA) is 77.2 Å². The second-order valence-electron chi connectivity index (χ2n) is 5.63. The first-order valence-corrected chi connectivity index (χ1v) is 7.34. The van der Waals surface area contributed by atoms with E-state index in [0.29, 0.717) is 23.3 Å². The lowest BCUT2D eigenvalue weighted by molar-refractivity contribution is 0.0947. The first kappa shape index (κ1) is 14.6.